The molecular formula is C13H20ClNO2S. The number of unbranched alkanes of at least 4 members (excludes halogenated alkanes) is 1. The fourth-order valence-corrected chi connectivity index (χ4v) is 3.20. The Kier molecular flexibility index (Phi) is 6.68. The van der Waals surface area contributed by atoms with E-state index in [4.69, 9.17) is 11.6 Å². The fourth-order valence-electron chi connectivity index (χ4n) is 1.70. The Morgan fingerprint density at radius 1 is 1.17 bits per heavy atom. The molecule has 0 heterocycles. The highest BCUT2D eigenvalue weighted by Crippen LogP contribution is 2.07. The van der Waals surface area contributed by atoms with Crippen molar-refractivity contribution in [1.29, 1.82) is 0 Å². The Balaban J connectivity index is 2.26. The number of sulfonamides is 1. The van der Waals surface area contributed by atoms with Crippen molar-refractivity contribution in [3.05, 3.63) is 35.9 Å². The molecule has 3 nitrogen and oxygen atoms in total. The molecule has 0 aliphatic heterocycles. The van der Waals surface area contributed by atoms with Crippen molar-refractivity contribution in [1.82, 2.24) is 4.31 Å². The van der Waals surface area contributed by atoms with Crippen LogP contribution in [0.5, 0.6) is 0 Å². The predicted octanol–water partition coefficient (Wildman–Crippen LogP) is 2.51. The Labute approximate surface area is 115 Å². The molecule has 0 aromatic heterocycles. The SMILES string of the molecule is CN(CCCCc1ccccc1)S(=O)(=O)CCCl. The van der Waals surface area contributed by atoms with Gasteiger partial charge in [0.15, 0.2) is 0 Å². The highest BCUT2D eigenvalue weighted by Gasteiger charge is 2.15. The summed E-state index contributed by atoms with van der Waals surface area (Å²) in [5.74, 6) is 0.167. The van der Waals surface area contributed by atoms with Gasteiger partial charge in [-0.25, -0.2) is 12.7 Å². The third-order valence-corrected chi connectivity index (χ3v) is 5.11. The lowest BCUT2D eigenvalue weighted by molar-refractivity contribution is 0.456. The van der Waals surface area contributed by atoms with Crippen LogP contribution in [-0.4, -0.2) is 37.9 Å². The van der Waals surface area contributed by atoms with Gasteiger partial charge in [-0.15, -0.1) is 11.6 Å². The number of benzene rings is 1. The van der Waals surface area contributed by atoms with Crippen molar-refractivity contribution in [2.45, 2.75) is 19.3 Å². The molecular weight excluding hydrogens is 270 g/mol. The molecule has 0 atom stereocenters. The van der Waals surface area contributed by atoms with Crippen molar-refractivity contribution in [2.75, 3.05) is 25.2 Å². The molecule has 0 radical (unpaired) electrons. The van der Waals surface area contributed by atoms with Crippen LogP contribution < -0.4 is 0 Å². The molecule has 102 valence electrons. The van der Waals surface area contributed by atoms with Crippen LogP contribution in [0.15, 0.2) is 30.3 Å². The minimum atomic E-state index is -3.15. The number of rotatable bonds is 8. The highest BCUT2D eigenvalue weighted by atomic mass is 35.5. The fraction of sp³-hybridized carbons (Fsp3) is 0.538. The summed E-state index contributed by atoms with van der Waals surface area (Å²) < 4.78 is 24.7. The van der Waals surface area contributed by atoms with Gasteiger partial charge in [0.25, 0.3) is 0 Å². The molecule has 0 unspecified atom stereocenters. The summed E-state index contributed by atoms with van der Waals surface area (Å²) in [6.45, 7) is 0.562. The standard InChI is InChI=1S/C13H20ClNO2S/c1-15(18(16,17)12-10-14)11-6-5-9-13-7-3-2-4-8-13/h2-4,7-8H,5-6,9-12H2,1H3. The van der Waals surface area contributed by atoms with Crippen molar-refractivity contribution in [2.24, 2.45) is 0 Å². The number of nitrogens with zero attached hydrogens (tertiary/aromatic N) is 1. The molecule has 18 heavy (non-hydrogen) atoms. The lowest BCUT2D eigenvalue weighted by Crippen LogP contribution is -2.30. The van der Waals surface area contributed by atoms with Crippen molar-refractivity contribution in [3.63, 3.8) is 0 Å². The third kappa shape index (κ3) is 5.38. The number of halogens is 1. The molecule has 0 saturated carbocycles. The monoisotopic (exact) mass is 289 g/mol. The Morgan fingerprint density at radius 2 is 1.83 bits per heavy atom. The zero-order valence-electron chi connectivity index (χ0n) is 10.7. The smallest absolute Gasteiger partial charge is 0.212 e. The van der Waals surface area contributed by atoms with E-state index in [1.807, 2.05) is 18.2 Å². The molecule has 0 aliphatic rings. The zero-order chi connectivity index (χ0) is 13.4. The second-order valence-corrected chi connectivity index (χ2v) is 6.84. The van der Waals surface area contributed by atoms with E-state index in [0.717, 1.165) is 19.3 Å². The quantitative estimate of drug-likeness (QED) is 0.545. The van der Waals surface area contributed by atoms with E-state index in [2.05, 4.69) is 12.1 Å². The molecule has 0 spiro atoms. The van der Waals surface area contributed by atoms with Gasteiger partial charge in [0.2, 0.25) is 10.0 Å². The summed E-state index contributed by atoms with van der Waals surface area (Å²) >= 11 is 5.47. The second kappa shape index (κ2) is 7.77. The summed E-state index contributed by atoms with van der Waals surface area (Å²) in [6.07, 6.45) is 2.85. The molecule has 0 amide bonds. The molecule has 0 N–H and O–H groups in total. The minimum Gasteiger partial charge on any atom is -0.212 e. The molecule has 0 saturated heterocycles. The summed E-state index contributed by atoms with van der Waals surface area (Å²) in [5, 5.41) is 0. The first-order chi connectivity index (χ1) is 8.56. The van der Waals surface area contributed by atoms with E-state index in [1.165, 1.54) is 9.87 Å². The Bertz CT molecular complexity index is 434. The van der Waals surface area contributed by atoms with E-state index in [0.29, 0.717) is 6.54 Å². The normalized spacial score (nSPS) is 11.9. The van der Waals surface area contributed by atoms with E-state index in [-0.39, 0.29) is 11.6 Å². The van der Waals surface area contributed by atoms with Crippen LogP contribution >= 0.6 is 11.6 Å². The van der Waals surface area contributed by atoms with Gasteiger partial charge in [0.1, 0.15) is 0 Å². The van der Waals surface area contributed by atoms with Gasteiger partial charge in [-0.3, -0.25) is 0 Å². The van der Waals surface area contributed by atoms with Crippen LogP contribution in [0.2, 0.25) is 0 Å². The van der Waals surface area contributed by atoms with E-state index in [9.17, 15) is 8.42 Å². The topological polar surface area (TPSA) is 37.4 Å². The van der Waals surface area contributed by atoms with Crippen LogP contribution in [0.4, 0.5) is 0 Å². The van der Waals surface area contributed by atoms with Gasteiger partial charge in [-0.1, -0.05) is 30.3 Å². The van der Waals surface area contributed by atoms with Crippen molar-refractivity contribution >= 4 is 21.6 Å². The van der Waals surface area contributed by atoms with Gasteiger partial charge < -0.3 is 0 Å². The van der Waals surface area contributed by atoms with Gasteiger partial charge in [0, 0.05) is 19.5 Å². The van der Waals surface area contributed by atoms with Crippen LogP contribution in [0, 0.1) is 0 Å². The average molecular weight is 290 g/mol. The number of hydrogen-bond acceptors (Lipinski definition) is 2. The first kappa shape index (κ1) is 15.5. The Morgan fingerprint density at radius 3 is 2.44 bits per heavy atom. The number of aryl methyl sites for hydroxylation is 1. The van der Waals surface area contributed by atoms with Crippen molar-refractivity contribution in [3.8, 4) is 0 Å². The lowest BCUT2D eigenvalue weighted by atomic mass is 10.1. The summed E-state index contributed by atoms with van der Waals surface area (Å²) in [6, 6.07) is 10.2. The average Bonchev–Trinajstić information content (AvgIpc) is 2.35. The van der Waals surface area contributed by atoms with Gasteiger partial charge in [0.05, 0.1) is 5.75 Å². The lowest BCUT2D eigenvalue weighted by Gasteiger charge is -2.16. The first-order valence-electron chi connectivity index (χ1n) is 6.10. The molecule has 1 aromatic rings. The molecule has 1 rings (SSSR count). The number of alkyl halides is 1. The summed E-state index contributed by atoms with van der Waals surface area (Å²) in [4.78, 5) is 0. The van der Waals surface area contributed by atoms with Crippen LogP contribution in [0.3, 0.4) is 0 Å². The molecule has 0 aliphatic carbocycles. The zero-order valence-corrected chi connectivity index (χ0v) is 12.3. The maximum absolute atomic E-state index is 11.6. The first-order valence-corrected chi connectivity index (χ1v) is 8.24. The molecule has 5 heteroatoms. The largest absolute Gasteiger partial charge is 0.215 e. The molecule has 0 fully saturated rings. The molecule has 1 aromatic carbocycles. The Hall–Kier alpha value is -0.580. The summed E-state index contributed by atoms with van der Waals surface area (Å²) in [7, 11) is -1.54. The summed E-state index contributed by atoms with van der Waals surface area (Å²) in [5.41, 5.74) is 1.30. The second-order valence-electron chi connectivity index (χ2n) is 4.27. The van der Waals surface area contributed by atoms with Crippen LogP contribution in [0.25, 0.3) is 0 Å². The maximum Gasteiger partial charge on any atom is 0.215 e. The minimum absolute atomic E-state index is 0.0176. The predicted molar refractivity (Wildman–Crippen MR) is 76.5 cm³/mol. The van der Waals surface area contributed by atoms with E-state index < -0.39 is 10.0 Å². The van der Waals surface area contributed by atoms with E-state index >= 15 is 0 Å². The van der Waals surface area contributed by atoms with Crippen LogP contribution in [0.1, 0.15) is 18.4 Å². The van der Waals surface area contributed by atoms with Gasteiger partial charge >= 0.3 is 0 Å². The van der Waals surface area contributed by atoms with E-state index in [1.54, 1.807) is 7.05 Å². The van der Waals surface area contributed by atoms with Gasteiger partial charge in [-0.05, 0) is 24.8 Å². The number of hydrogen-bond donors (Lipinski definition) is 0. The maximum atomic E-state index is 11.6. The van der Waals surface area contributed by atoms with Crippen molar-refractivity contribution < 1.29 is 8.42 Å². The molecule has 0 bridgehead atoms. The third-order valence-electron chi connectivity index (χ3n) is 2.84. The van der Waals surface area contributed by atoms with Crippen LogP contribution in [-0.2, 0) is 16.4 Å². The highest BCUT2D eigenvalue weighted by molar-refractivity contribution is 7.89. The van der Waals surface area contributed by atoms with Gasteiger partial charge in [-0.2, -0.15) is 0 Å².